The molecule has 24 heavy (non-hydrogen) atoms. The highest BCUT2D eigenvalue weighted by Crippen LogP contribution is 2.64. The molecule has 4 aliphatic rings. The molecule has 0 aromatic heterocycles. The van der Waals surface area contributed by atoms with Crippen LogP contribution < -0.4 is 0 Å². The van der Waals surface area contributed by atoms with E-state index in [-0.39, 0.29) is 17.0 Å². The summed E-state index contributed by atoms with van der Waals surface area (Å²) in [7, 11) is 0. The Morgan fingerprint density at radius 2 is 2.00 bits per heavy atom. The maximum Gasteiger partial charge on any atom is 0.161 e. The van der Waals surface area contributed by atoms with Crippen molar-refractivity contribution in [1.29, 1.82) is 0 Å². The van der Waals surface area contributed by atoms with E-state index in [0.717, 1.165) is 25.7 Å². The fourth-order valence-electron chi connectivity index (χ4n) is 6.57. The van der Waals surface area contributed by atoms with Crippen molar-refractivity contribution in [3.05, 3.63) is 23.3 Å². The van der Waals surface area contributed by atoms with Gasteiger partial charge < -0.3 is 5.11 Å². The maximum atomic E-state index is 12.2. The molecule has 0 aromatic rings. The molecule has 2 fully saturated rings. The molecule has 0 spiro atoms. The zero-order valence-electron chi connectivity index (χ0n) is 15.0. The number of carbonyl (C=O) groups excluding carboxylic acids is 2. The van der Waals surface area contributed by atoms with Crippen LogP contribution in [-0.2, 0) is 9.59 Å². The first-order valence-electron chi connectivity index (χ1n) is 9.44. The van der Waals surface area contributed by atoms with Gasteiger partial charge in [0.05, 0.1) is 0 Å². The third kappa shape index (κ3) is 1.94. The molecule has 0 radical (unpaired) electrons. The average Bonchev–Trinajstić information content (AvgIpc) is 2.81. The summed E-state index contributed by atoms with van der Waals surface area (Å²) in [4.78, 5) is 24.0. The first kappa shape index (κ1) is 16.3. The highest BCUT2D eigenvalue weighted by molar-refractivity contribution is 5.92. The molecule has 3 nitrogen and oxygen atoms in total. The number of Topliss-reactive ketones (excluding diaryl/α,β-unsaturated/α-hetero) is 1. The Morgan fingerprint density at radius 1 is 1.25 bits per heavy atom. The molecule has 0 bridgehead atoms. The minimum atomic E-state index is -1.15. The molecule has 1 N–H and O–H groups in total. The molecule has 4 aliphatic carbocycles. The van der Waals surface area contributed by atoms with E-state index >= 15 is 0 Å². The Hall–Kier alpha value is -1.22. The van der Waals surface area contributed by atoms with E-state index in [0.29, 0.717) is 36.5 Å². The zero-order chi connectivity index (χ0) is 17.3. The first-order valence-corrected chi connectivity index (χ1v) is 9.44. The smallest absolute Gasteiger partial charge is 0.161 e. The van der Waals surface area contributed by atoms with Gasteiger partial charge in [-0.3, -0.25) is 9.59 Å². The van der Waals surface area contributed by atoms with Gasteiger partial charge in [0.15, 0.2) is 11.6 Å². The molecule has 3 heteroatoms. The second-order valence-corrected chi connectivity index (χ2v) is 8.82. The Balaban J connectivity index is 1.75. The van der Waals surface area contributed by atoms with E-state index in [1.54, 1.807) is 6.92 Å². The topological polar surface area (TPSA) is 54.4 Å². The predicted octanol–water partition coefficient (Wildman–Crippen LogP) is 3.61. The standard InChI is InChI=1S/C21H28O3/c1-12-10-18-16(15-5-4-14(23)11-17(12)15)6-8-20(3)19(18)7-9-21(20,24)13(2)22/h10-11,15-16,18-19,24H,4-9H2,1-3H3/t15-,16-,18+,19-,20+,21+/m1/s1. The SMILES string of the molecule is CC(=O)[C@@]1(O)CC[C@@H]2[C@H]3C=C(C)C4=CC(=O)CC[C@@H]4[C@H]3CC[C@@]21C. The lowest BCUT2D eigenvalue weighted by Crippen LogP contribution is -2.55. The van der Waals surface area contributed by atoms with Gasteiger partial charge in [0.25, 0.3) is 0 Å². The van der Waals surface area contributed by atoms with Crippen molar-refractivity contribution in [1.82, 2.24) is 0 Å². The lowest BCUT2D eigenvalue weighted by molar-refractivity contribution is -0.155. The average molecular weight is 328 g/mol. The third-order valence-corrected chi connectivity index (χ3v) is 7.95. The van der Waals surface area contributed by atoms with Crippen LogP contribution in [-0.4, -0.2) is 22.3 Å². The van der Waals surface area contributed by atoms with Gasteiger partial charge in [0.1, 0.15) is 5.60 Å². The van der Waals surface area contributed by atoms with E-state index in [2.05, 4.69) is 19.9 Å². The number of allylic oxidation sites excluding steroid dienone is 4. The van der Waals surface area contributed by atoms with E-state index < -0.39 is 5.60 Å². The number of carbonyl (C=O) groups is 2. The lowest BCUT2D eigenvalue weighted by atomic mass is 9.51. The van der Waals surface area contributed by atoms with Crippen molar-refractivity contribution >= 4 is 11.6 Å². The predicted molar refractivity (Wildman–Crippen MR) is 92.2 cm³/mol. The number of ketones is 2. The fourth-order valence-corrected chi connectivity index (χ4v) is 6.57. The Labute approximate surface area is 144 Å². The quantitative estimate of drug-likeness (QED) is 0.800. The Kier molecular flexibility index (Phi) is 3.48. The van der Waals surface area contributed by atoms with Crippen LogP contribution in [0.15, 0.2) is 23.3 Å². The summed E-state index contributed by atoms with van der Waals surface area (Å²) >= 11 is 0. The van der Waals surface area contributed by atoms with Crippen LogP contribution >= 0.6 is 0 Å². The number of fused-ring (bicyclic) bond motifs is 5. The summed E-state index contributed by atoms with van der Waals surface area (Å²) in [6.45, 7) is 5.82. The molecule has 0 saturated heterocycles. The molecule has 4 rings (SSSR count). The summed E-state index contributed by atoms with van der Waals surface area (Å²) < 4.78 is 0. The molecule has 2 saturated carbocycles. The maximum absolute atomic E-state index is 12.2. The summed E-state index contributed by atoms with van der Waals surface area (Å²) in [6, 6.07) is 0. The summed E-state index contributed by atoms with van der Waals surface area (Å²) in [5.74, 6) is 2.08. The minimum Gasteiger partial charge on any atom is -0.382 e. The van der Waals surface area contributed by atoms with Crippen molar-refractivity contribution in [2.45, 2.75) is 64.9 Å². The summed E-state index contributed by atoms with van der Waals surface area (Å²) in [5.41, 5.74) is 1.05. The molecule has 0 aliphatic heterocycles. The zero-order valence-corrected chi connectivity index (χ0v) is 15.0. The monoisotopic (exact) mass is 328 g/mol. The summed E-state index contributed by atoms with van der Waals surface area (Å²) in [6.07, 6.45) is 9.38. The van der Waals surface area contributed by atoms with Crippen molar-refractivity contribution in [2.75, 3.05) is 0 Å². The van der Waals surface area contributed by atoms with Crippen LogP contribution in [0.4, 0.5) is 0 Å². The summed E-state index contributed by atoms with van der Waals surface area (Å²) in [5, 5.41) is 11.1. The van der Waals surface area contributed by atoms with Gasteiger partial charge in [-0.15, -0.1) is 0 Å². The number of hydrogen-bond acceptors (Lipinski definition) is 3. The molecular formula is C21H28O3. The largest absolute Gasteiger partial charge is 0.382 e. The Morgan fingerprint density at radius 3 is 2.71 bits per heavy atom. The van der Waals surface area contributed by atoms with Crippen LogP contribution in [0.25, 0.3) is 0 Å². The molecule has 130 valence electrons. The van der Waals surface area contributed by atoms with Gasteiger partial charge in [-0.05, 0) is 81.3 Å². The number of hydrogen-bond donors (Lipinski definition) is 1. The van der Waals surface area contributed by atoms with E-state index in [4.69, 9.17) is 0 Å². The first-order chi connectivity index (χ1) is 11.3. The molecule has 0 unspecified atom stereocenters. The second kappa shape index (κ2) is 5.14. The van der Waals surface area contributed by atoms with Gasteiger partial charge in [-0.25, -0.2) is 0 Å². The highest BCUT2D eigenvalue weighted by atomic mass is 16.3. The lowest BCUT2D eigenvalue weighted by Gasteiger charge is -2.54. The normalized spacial score (nSPS) is 47.2. The second-order valence-electron chi connectivity index (χ2n) is 8.82. The molecular weight excluding hydrogens is 300 g/mol. The van der Waals surface area contributed by atoms with Crippen LogP contribution in [0.2, 0.25) is 0 Å². The van der Waals surface area contributed by atoms with Crippen molar-refractivity contribution < 1.29 is 14.7 Å². The van der Waals surface area contributed by atoms with Crippen molar-refractivity contribution in [3.8, 4) is 0 Å². The third-order valence-electron chi connectivity index (χ3n) is 7.95. The van der Waals surface area contributed by atoms with Gasteiger partial charge in [-0.2, -0.15) is 0 Å². The fraction of sp³-hybridized carbons (Fsp3) is 0.714. The Bertz CT molecular complexity index is 673. The van der Waals surface area contributed by atoms with Gasteiger partial charge in [0, 0.05) is 11.8 Å². The van der Waals surface area contributed by atoms with Gasteiger partial charge in [-0.1, -0.05) is 18.6 Å². The van der Waals surface area contributed by atoms with Crippen LogP contribution in [0.1, 0.15) is 59.3 Å². The molecule has 0 heterocycles. The van der Waals surface area contributed by atoms with Crippen LogP contribution in [0.5, 0.6) is 0 Å². The molecule has 0 aromatic carbocycles. The van der Waals surface area contributed by atoms with Gasteiger partial charge >= 0.3 is 0 Å². The van der Waals surface area contributed by atoms with Crippen molar-refractivity contribution in [2.24, 2.45) is 29.1 Å². The molecule has 0 amide bonds. The highest BCUT2D eigenvalue weighted by Gasteiger charge is 2.63. The molecule has 6 atom stereocenters. The van der Waals surface area contributed by atoms with E-state index in [1.807, 2.05) is 6.08 Å². The minimum absolute atomic E-state index is 0.0636. The number of aliphatic hydroxyl groups is 1. The van der Waals surface area contributed by atoms with Crippen LogP contribution in [0, 0.1) is 29.1 Å². The van der Waals surface area contributed by atoms with Gasteiger partial charge in [0.2, 0.25) is 0 Å². The number of rotatable bonds is 1. The van der Waals surface area contributed by atoms with Crippen LogP contribution in [0.3, 0.4) is 0 Å². The van der Waals surface area contributed by atoms with E-state index in [1.165, 1.54) is 11.1 Å². The van der Waals surface area contributed by atoms with E-state index in [9.17, 15) is 14.7 Å². The van der Waals surface area contributed by atoms with Crippen molar-refractivity contribution in [3.63, 3.8) is 0 Å².